The van der Waals surface area contributed by atoms with Gasteiger partial charge in [0.1, 0.15) is 17.6 Å². The standard InChI is InChI=1S/C21H23N3O/c1-2-18-23-17-10-6-9-16(22)19(17)20(24-18)15-12-11-13-7-4-3-5-8-14(13)21(15)25/h3-5,7,11-12,20,25H,2,6,8-10,22H2,1H3. The van der Waals surface area contributed by atoms with E-state index in [1.54, 1.807) is 0 Å². The molecule has 2 aliphatic carbocycles. The van der Waals surface area contributed by atoms with Gasteiger partial charge in [-0.05, 0) is 31.2 Å². The smallest absolute Gasteiger partial charge is 0.125 e. The molecule has 0 saturated heterocycles. The van der Waals surface area contributed by atoms with Crippen LogP contribution in [0.25, 0.3) is 6.08 Å². The molecule has 128 valence electrons. The predicted octanol–water partition coefficient (Wildman–Crippen LogP) is 4.22. The Labute approximate surface area is 148 Å². The van der Waals surface area contributed by atoms with Gasteiger partial charge in [-0.2, -0.15) is 0 Å². The summed E-state index contributed by atoms with van der Waals surface area (Å²) in [4.78, 5) is 9.54. The molecule has 0 saturated carbocycles. The highest BCUT2D eigenvalue weighted by Crippen LogP contribution is 2.42. The van der Waals surface area contributed by atoms with Crippen LogP contribution in [0.15, 0.2) is 51.6 Å². The maximum atomic E-state index is 11.0. The largest absolute Gasteiger partial charge is 0.507 e. The third-order valence-corrected chi connectivity index (χ3v) is 5.14. The summed E-state index contributed by atoms with van der Waals surface area (Å²) in [7, 11) is 0. The first-order valence-corrected chi connectivity index (χ1v) is 9.00. The van der Waals surface area contributed by atoms with E-state index in [0.717, 1.165) is 65.2 Å². The van der Waals surface area contributed by atoms with Crippen LogP contribution in [0, 0.1) is 0 Å². The minimum atomic E-state index is -0.246. The summed E-state index contributed by atoms with van der Waals surface area (Å²) in [6.07, 6.45) is 12.5. The van der Waals surface area contributed by atoms with Gasteiger partial charge in [-0.1, -0.05) is 43.4 Å². The summed E-state index contributed by atoms with van der Waals surface area (Å²) in [5, 5.41) is 11.0. The van der Waals surface area contributed by atoms with E-state index in [2.05, 4.69) is 19.1 Å². The van der Waals surface area contributed by atoms with Crippen LogP contribution in [0.4, 0.5) is 0 Å². The Balaban J connectivity index is 1.87. The highest BCUT2D eigenvalue weighted by atomic mass is 16.3. The van der Waals surface area contributed by atoms with Gasteiger partial charge in [0.2, 0.25) is 0 Å². The van der Waals surface area contributed by atoms with Crippen LogP contribution in [-0.4, -0.2) is 16.7 Å². The first-order valence-electron chi connectivity index (χ1n) is 9.00. The van der Waals surface area contributed by atoms with Crippen molar-refractivity contribution in [3.8, 4) is 5.75 Å². The Kier molecular flexibility index (Phi) is 4.04. The van der Waals surface area contributed by atoms with Gasteiger partial charge in [0, 0.05) is 34.5 Å². The molecule has 4 heteroatoms. The van der Waals surface area contributed by atoms with Crippen LogP contribution in [0.3, 0.4) is 0 Å². The lowest BCUT2D eigenvalue weighted by atomic mass is 9.84. The number of aliphatic imine (C=N–C) groups is 2. The number of hydrogen-bond donors (Lipinski definition) is 2. The van der Waals surface area contributed by atoms with E-state index in [1.165, 1.54) is 0 Å². The number of phenols is 1. The fourth-order valence-corrected chi connectivity index (χ4v) is 3.83. The quantitative estimate of drug-likeness (QED) is 0.850. The van der Waals surface area contributed by atoms with E-state index in [-0.39, 0.29) is 6.04 Å². The highest BCUT2D eigenvalue weighted by molar-refractivity contribution is 6.11. The van der Waals surface area contributed by atoms with Crippen molar-refractivity contribution in [2.24, 2.45) is 15.7 Å². The number of aromatic hydroxyl groups is 1. The van der Waals surface area contributed by atoms with Gasteiger partial charge >= 0.3 is 0 Å². The Morgan fingerprint density at radius 2 is 2.12 bits per heavy atom. The zero-order chi connectivity index (χ0) is 17.4. The van der Waals surface area contributed by atoms with Gasteiger partial charge < -0.3 is 10.8 Å². The molecule has 1 aromatic carbocycles. The number of nitrogens with zero attached hydrogens (tertiary/aromatic N) is 2. The molecule has 4 rings (SSSR count). The van der Waals surface area contributed by atoms with Crippen molar-refractivity contribution in [1.82, 2.24) is 0 Å². The fraction of sp³-hybridized carbons (Fsp3) is 0.333. The van der Waals surface area contributed by atoms with Gasteiger partial charge in [-0.3, -0.25) is 4.99 Å². The second kappa shape index (κ2) is 6.36. The minimum Gasteiger partial charge on any atom is -0.507 e. The lowest BCUT2D eigenvalue weighted by Gasteiger charge is -2.29. The summed E-state index contributed by atoms with van der Waals surface area (Å²) < 4.78 is 0. The van der Waals surface area contributed by atoms with Crippen LogP contribution in [0.5, 0.6) is 5.75 Å². The summed E-state index contributed by atoms with van der Waals surface area (Å²) in [6.45, 7) is 2.06. The minimum absolute atomic E-state index is 0.246. The molecule has 0 amide bonds. The number of phenolic OH excluding ortho intramolecular Hbond substituents is 1. The molecule has 4 nitrogen and oxygen atoms in total. The van der Waals surface area contributed by atoms with E-state index >= 15 is 0 Å². The topological polar surface area (TPSA) is 71.0 Å². The van der Waals surface area contributed by atoms with E-state index < -0.39 is 0 Å². The maximum Gasteiger partial charge on any atom is 0.125 e. The Bertz CT molecular complexity index is 871. The van der Waals surface area contributed by atoms with Gasteiger partial charge in [-0.25, -0.2) is 4.99 Å². The lowest BCUT2D eigenvalue weighted by molar-refractivity contribution is 0.459. The van der Waals surface area contributed by atoms with Crippen molar-refractivity contribution in [2.45, 2.75) is 45.1 Å². The van der Waals surface area contributed by atoms with Gasteiger partial charge in [0.25, 0.3) is 0 Å². The number of rotatable bonds is 2. The van der Waals surface area contributed by atoms with E-state index in [1.807, 2.05) is 24.3 Å². The van der Waals surface area contributed by atoms with Crippen LogP contribution < -0.4 is 5.73 Å². The molecule has 0 fully saturated rings. The first-order chi connectivity index (χ1) is 12.2. The Morgan fingerprint density at radius 3 is 2.96 bits per heavy atom. The number of amidine groups is 1. The molecule has 1 aliphatic heterocycles. The third-order valence-electron chi connectivity index (χ3n) is 5.14. The molecule has 1 atom stereocenters. The van der Waals surface area contributed by atoms with Gasteiger partial charge in [-0.15, -0.1) is 0 Å². The van der Waals surface area contributed by atoms with Crippen LogP contribution in [-0.2, 0) is 6.42 Å². The van der Waals surface area contributed by atoms with Crippen molar-refractivity contribution in [3.63, 3.8) is 0 Å². The van der Waals surface area contributed by atoms with E-state index in [9.17, 15) is 5.11 Å². The Hall–Kier alpha value is -2.62. The molecule has 0 bridgehead atoms. The van der Waals surface area contributed by atoms with E-state index in [4.69, 9.17) is 15.7 Å². The average Bonchev–Trinajstić information content (AvgIpc) is 2.87. The molecular formula is C21H23N3O. The fourth-order valence-electron chi connectivity index (χ4n) is 3.83. The molecular weight excluding hydrogens is 310 g/mol. The lowest BCUT2D eigenvalue weighted by Crippen LogP contribution is -2.26. The van der Waals surface area contributed by atoms with Crippen LogP contribution >= 0.6 is 0 Å². The summed E-state index contributed by atoms with van der Waals surface area (Å²) in [5.41, 5.74) is 12.1. The molecule has 1 aromatic rings. The summed E-state index contributed by atoms with van der Waals surface area (Å²) in [5.74, 6) is 1.18. The summed E-state index contributed by atoms with van der Waals surface area (Å²) >= 11 is 0. The molecule has 0 aromatic heterocycles. The molecule has 3 aliphatic rings. The molecule has 1 unspecified atom stereocenters. The first kappa shape index (κ1) is 15.9. The van der Waals surface area contributed by atoms with Crippen molar-refractivity contribution < 1.29 is 5.11 Å². The van der Waals surface area contributed by atoms with Crippen molar-refractivity contribution in [1.29, 1.82) is 0 Å². The van der Waals surface area contributed by atoms with Gasteiger partial charge in [0.05, 0.1) is 0 Å². The number of benzene rings is 1. The van der Waals surface area contributed by atoms with Gasteiger partial charge in [0.15, 0.2) is 0 Å². The van der Waals surface area contributed by atoms with Crippen LogP contribution in [0.1, 0.15) is 55.3 Å². The van der Waals surface area contributed by atoms with Crippen molar-refractivity contribution >= 4 is 17.6 Å². The molecule has 0 spiro atoms. The van der Waals surface area contributed by atoms with Crippen molar-refractivity contribution in [3.05, 3.63) is 58.3 Å². The maximum absolute atomic E-state index is 11.0. The van der Waals surface area contributed by atoms with E-state index in [0.29, 0.717) is 12.2 Å². The number of allylic oxidation sites excluding steroid dienone is 4. The zero-order valence-electron chi connectivity index (χ0n) is 14.5. The number of fused-ring (bicyclic) bond motifs is 2. The second-order valence-corrected chi connectivity index (χ2v) is 6.71. The monoisotopic (exact) mass is 333 g/mol. The highest BCUT2D eigenvalue weighted by Gasteiger charge is 2.32. The zero-order valence-corrected chi connectivity index (χ0v) is 14.5. The molecule has 1 heterocycles. The third kappa shape index (κ3) is 2.72. The normalized spacial score (nSPS) is 22.0. The molecule has 0 radical (unpaired) electrons. The van der Waals surface area contributed by atoms with Crippen LogP contribution in [0.2, 0.25) is 0 Å². The summed E-state index contributed by atoms with van der Waals surface area (Å²) in [6, 6.07) is 3.81. The molecule has 3 N–H and O–H groups in total. The number of nitrogens with two attached hydrogens (primary N) is 1. The Morgan fingerprint density at radius 1 is 1.24 bits per heavy atom. The van der Waals surface area contributed by atoms with Crippen molar-refractivity contribution in [2.75, 3.05) is 0 Å². The molecule has 25 heavy (non-hydrogen) atoms. The SMILES string of the molecule is CCC1=NC(c2ccc3c(c2O)CC=CC=C3)C2=C(N)CCCC2=N1. The number of hydrogen-bond acceptors (Lipinski definition) is 4. The second-order valence-electron chi connectivity index (χ2n) is 6.71. The average molecular weight is 333 g/mol. The predicted molar refractivity (Wildman–Crippen MR) is 103 cm³/mol.